The lowest BCUT2D eigenvalue weighted by molar-refractivity contribution is -0.132. The predicted octanol–water partition coefficient (Wildman–Crippen LogP) is 4.60. The third-order valence-electron chi connectivity index (χ3n) is 6.01. The molecule has 1 saturated heterocycles. The topological polar surface area (TPSA) is 105 Å². The van der Waals surface area contributed by atoms with Gasteiger partial charge in [0.05, 0.1) is 25.8 Å². The van der Waals surface area contributed by atoms with Gasteiger partial charge in [-0.1, -0.05) is 18.2 Å². The largest absolute Gasteiger partial charge is 0.507 e. The molecule has 3 aromatic carbocycles. The minimum absolute atomic E-state index is 0.0556. The Morgan fingerprint density at radius 3 is 2.22 bits per heavy atom. The maximum atomic E-state index is 13.4. The summed E-state index contributed by atoms with van der Waals surface area (Å²) in [5.41, 5.74) is 2.60. The Kier molecular flexibility index (Phi) is 6.78. The van der Waals surface area contributed by atoms with Crippen LogP contribution in [0, 0.1) is 6.92 Å². The van der Waals surface area contributed by atoms with E-state index in [2.05, 4.69) is 5.32 Å². The summed E-state index contributed by atoms with van der Waals surface area (Å²) in [6.45, 7) is 3.22. The SMILES string of the molecule is COc1ccc(/C(O)=C2\C(=O)C(=O)N(c3ccc(NC(C)=O)cc3)C2c2ccccc2OC)cc1C. The number of nitrogens with zero attached hydrogens (tertiary/aromatic N) is 1. The molecule has 1 fully saturated rings. The van der Waals surface area contributed by atoms with Gasteiger partial charge < -0.3 is 19.9 Å². The number of benzene rings is 3. The van der Waals surface area contributed by atoms with E-state index in [9.17, 15) is 19.5 Å². The van der Waals surface area contributed by atoms with Gasteiger partial charge in [-0.15, -0.1) is 0 Å². The molecule has 0 aliphatic carbocycles. The molecule has 4 rings (SSSR count). The smallest absolute Gasteiger partial charge is 0.300 e. The molecule has 1 heterocycles. The van der Waals surface area contributed by atoms with E-state index in [4.69, 9.17) is 9.47 Å². The molecule has 2 N–H and O–H groups in total. The standard InChI is InChI=1S/C28H26N2O6/c1-16-15-18(9-14-22(16)35-3)26(32)24-25(21-7-5-6-8-23(21)36-4)30(28(34)27(24)33)20-12-10-19(11-13-20)29-17(2)31/h5-15,25,32H,1-4H3,(H,29,31)/b26-24+. The quantitative estimate of drug-likeness (QED) is 0.300. The summed E-state index contributed by atoms with van der Waals surface area (Å²) in [4.78, 5) is 39.5. The molecule has 1 aliphatic heterocycles. The van der Waals surface area contributed by atoms with Crippen LogP contribution in [0.1, 0.15) is 29.7 Å². The normalized spacial score (nSPS) is 16.7. The third kappa shape index (κ3) is 4.40. The van der Waals surface area contributed by atoms with E-state index in [0.29, 0.717) is 34.0 Å². The molecule has 1 unspecified atom stereocenters. The van der Waals surface area contributed by atoms with Crippen LogP contribution in [-0.2, 0) is 14.4 Å². The van der Waals surface area contributed by atoms with Gasteiger partial charge in [-0.3, -0.25) is 19.3 Å². The highest BCUT2D eigenvalue weighted by Crippen LogP contribution is 2.45. The number of carbonyl (C=O) groups excluding carboxylic acids is 3. The molecule has 3 aromatic rings. The number of ketones is 1. The average molecular weight is 487 g/mol. The number of aliphatic hydroxyl groups is 1. The maximum Gasteiger partial charge on any atom is 0.300 e. The molecular formula is C28H26N2O6. The van der Waals surface area contributed by atoms with Crippen molar-refractivity contribution in [1.29, 1.82) is 0 Å². The fourth-order valence-corrected chi connectivity index (χ4v) is 4.38. The van der Waals surface area contributed by atoms with Gasteiger partial charge in [0.1, 0.15) is 17.3 Å². The van der Waals surface area contributed by atoms with Gasteiger partial charge >= 0.3 is 0 Å². The zero-order valence-electron chi connectivity index (χ0n) is 20.4. The van der Waals surface area contributed by atoms with Crippen molar-refractivity contribution in [3.8, 4) is 11.5 Å². The summed E-state index contributed by atoms with van der Waals surface area (Å²) in [6, 6.07) is 17.7. The van der Waals surface area contributed by atoms with Crippen LogP contribution >= 0.6 is 0 Å². The molecule has 2 amide bonds. The van der Waals surface area contributed by atoms with Gasteiger partial charge in [-0.25, -0.2) is 0 Å². The number of hydrogen-bond donors (Lipinski definition) is 2. The lowest BCUT2D eigenvalue weighted by atomic mass is 9.94. The highest BCUT2D eigenvalue weighted by Gasteiger charge is 2.47. The first-order chi connectivity index (χ1) is 17.3. The first kappa shape index (κ1) is 24.5. The van der Waals surface area contributed by atoms with Crippen LogP contribution in [0.4, 0.5) is 11.4 Å². The van der Waals surface area contributed by atoms with Gasteiger partial charge in [0, 0.05) is 29.4 Å². The average Bonchev–Trinajstić information content (AvgIpc) is 3.13. The van der Waals surface area contributed by atoms with Crippen LogP contribution in [0.5, 0.6) is 11.5 Å². The van der Waals surface area contributed by atoms with E-state index in [-0.39, 0.29) is 17.2 Å². The van der Waals surface area contributed by atoms with Crippen molar-refractivity contribution < 1.29 is 29.0 Å². The minimum Gasteiger partial charge on any atom is -0.507 e. The zero-order chi connectivity index (χ0) is 26.0. The molecule has 0 bridgehead atoms. The number of methoxy groups -OCH3 is 2. The Labute approximate surface area is 208 Å². The molecule has 1 aliphatic rings. The number of nitrogens with one attached hydrogen (secondary N) is 1. The number of hydrogen-bond acceptors (Lipinski definition) is 6. The second-order valence-electron chi connectivity index (χ2n) is 8.32. The molecule has 0 spiro atoms. The van der Waals surface area contributed by atoms with Crippen LogP contribution in [0.25, 0.3) is 5.76 Å². The van der Waals surface area contributed by atoms with Crippen LogP contribution < -0.4 is 19.7 Å². The number of carbonyl (C=O) groups is 3. The number of ether oxygens (including phenoxy) is 2. The second-order valence-corrected chi connectivity index (χ2v) is 8.32. The van der Waals surface area contributed by atoms with Crippen molar-refractivity contribution in [2.24, 2.45) is 0 Å². The van der Waals surface area contributed by atoms with E-state index in [0.717, 1.165) is 5.56 Å². The number of para-hydroxylation sites is 1. The molecule has 184 valence electrons. The fourth-order valence-electron chi connectivity index (χ4n) is 4.38. The van der Waals surface area contributed by atoms with Gasteiger partial charge in [-0.05, 0) is 61.0 Å². The number of aryl methyl sites for hydroxylation is 1. The highest BCUT2D eigenvalue weighted by molar-refractivity contribution is 6.51. The van der Waals surface area contributed by atoms with Crippen molar-refractivity contribution in [3.63, 3.8) is 0 Å². The van der Waals surface area contributed by atoms with Gasteiger partial charge in [-0.2, -0.15) is 0 Å². The van der Waals surface area contributed by atoms with Crippen molar-refractivity contribution >= 4 is 34.7 Å². The lowest BCUT2D eigenvalue weighted by Crippen LogP contribution is -2.29. The monoisotopic (exact) mass is 486 g/mol. The number of rotatable bonds is 6. The Balaban J connectivity index is 1.92. The lowest BCUT2D eigenvalue weighted by Gasteiger charge is -2.27. The highest BCUT2D eigenvalue weighted by atomic mass is 16.5. The summed E-state index contributed by atoms with van der Waals surface area (Å²) < 4.78 is 10.8. The van der Waals surface area contributed by atoms with E-state index in [1.54, 1.807) is 73.8 Å². The first-order valence-electron chi connectivity index (χ1n) is 11.2. The van der Waals surface area contributed by atoms with Crippen molar-refractivity contribution in [3.05, 3.63) is 89.0 Å². The van der Waals surface area contributed by atoms with E-state index >= 15 is 0 Å². The molecule has 0 radical (unpaired) electrons. The molecule has 36 heavy (non-hydrogen) atoms. The summed E-state index contributed by atoms with van der Waals surface area (Å²) in [7, 11) is 3.05. The number of anilines is 2. The van der Waals surface area contributed by atoms with Gasteiger partial charge in [0.2, 0.25) is 5.91 Å². The zero-order valence-corrected chi connectivity index (χ0v) is 20.4. The van der Waals surface area contributed by atoms with E-state index in [1.807, 2.05) is 6.92 Å². The van der Waals surface area contributed by atoms with E-state index in [1.165, 1.54) is 18.9 Å². The predicted molar refractivity (Wildman–Crippen MR) is 136 cm³/mol. The summed E-state index contributed by atoms with van der Waals surface area (Å²) in [6.07, 6.45) is 0. The van der Waals surface area contributed by atoms with Crippen LogP contribution in [-0.4, -0.2) is 36.9 Å². The third-order valence-corrected chi connectivity index (χ3v) is 6.01. The summed E-state index contributed by atoms with van der Waals surface area (Å²) >= 11 is 0. The van der Waals surface area contributed by atoms with Gasteiger partial charge in [0.15, 0.2) is 0 Å². The second kappa shape index (κ2) is 9.95. The van der Waals surface area contributed by atoms with Crippen molar-refractivity contribution in [2.45, 2.75) is 19.9 Å². The van der Waals surface area contributed by atoms with Crippen LogP contribution in [0.15, 0.2) is 72.3 Å². The molecule has 0 aromatic heterocycles. The minimum atomic E-state index is -0.949. The van der Waals surface area contributed by atoms with Crippen molar-refractivity contribution in [1.82, 2.24) is 0 Å². The maximum absolute atomic E-state index is 13.4. The summed E-state index contributed by atoms with van der Waals surface area (Å²) in [5.74, 6) is -1.04. The fraction of sp³-hybridized carbons (Fsp3) is 0.179. The number of aliphatic hydroxyl groups excluding tert-OH is 1. The number of amides is 2. The van der Waals surface area contributed by atoms with Crippen LogP contribution in [0.2, 0.25) is 0 Å². The Hall–Kier alpha value is -4.59. The Morgan fingerprint density at radius 2 is 1.61 bits per heavy atom. The van der Waals surface area contributed by atoms with Crippen molar-refractivity contribution in [2.75, 3.05) is 24.4 Å². The summed E-state index contributed by atoms with van der Waals surface area (Å²) in [5, 5.41) is 14.0. The molecule has 8 heteroatoms. The number of Topliss-reactive ketones (excluding diaryl/α,β-unsaturated/α-hetero) is 1. The first-order valence-corrected chi connectivity index (χ1v) is 11.2. The Bertz CT molecular complexity index is 1380. The van der Waals surface area contributed by atoms with E-state index < -0.39 is 17.7 Å². The molecular weight excluding hydrogens is 460 g/mol. The molecule has 0 saturated carbocycles. The molecule has 8 nitrogen and oxygen atoms in total. The van der Waals surface area contributed by atoms with Gasteiger partial charge in [0.25, 0.3) is 11.7 Å². The Morgan fingerprint density at radius 1 is 0.944 bits per heavy atom. The van der Waals surface area contributed by atoms with Crippen LogP contribution in [0.3, 0.4) is 0 Å². The molecule has 1 atom stereocenters.